The summed E-state index contributed by atoms with van der Waals surface area (Å²) in [6.45, 7) is 2.80. The largest absolute Gasteiger partial charge is 0.481 e. The Kier molecular flexibility index (Phi) is 3.66. The lowest BCUT2D eigenvalue weighted by atomic mass is 9.97. The van der Waals surface area contributed by atoms with Crippen LogP contribution in [0.5, 0.6) is 0 Å². The van der Waals surface area contributed by atoms with Crippen molar-refractivity contribution in [2.75, 3.05) is 24.6 Å². The molecule has 0 aliphatic carbocycles. The molecular weight excluding hydrogens is 284 g/mol. The number of benzene rings is 1. The lowest BCUT2D eigenvalue weighted by Crippen LogP contribution is -2.51. The summed E-state index contributed by atoms with van der Waals surface area (Å²) < 4.78 is 5.09. The highest BCUT2D eigenvalue weighted by atomic mass is 16.5. The van der Waals surface area contributed by atoms with Gasteiger partial charge in [0.15, 0.2) is 0 Å². The highest BCUT2D eigenvalue weighted by Gasteiger charge is 2.35. The van der Waals surface area contributed by atoms with Crippen molar-refractivity contribution in [1.82, 2.24) is 4.98 Å². The van der Waals surface area contributed by atoms with Gasteiger partial charge in [-0.3, -0.25) is 9.78 Å². The summed E-state index contributed by atoms with van der Waals surface area (Å²) in [6, 6.07) is 7.49. The first kappa shape index (κ1) is 14.3. The van der Waals surface area contributed by atoms with E-state index in [4.69, 9.17) is 9.84 Å². The van der Waals surface area contributed by atoms with Crippen molar-refractivity contribution in [1.29, 1.82) is 0 Å². The Labute approximate surface area is 127 Å². The van der Waals surface area contributed by atoms with Gasteiger partial charge in [-0.25, -0.2) is 4.79 Å². The molecule has 0 spiro atoms. The highest BCUT2D eigenvalue weighted by Crippen LogP contribution is 2.34. The van der Waals surface area contributed by atoms with Crippen molar-refractivity contribution < 1.29 is 19.4 Å². The summed E-state index contributed by atoms with van der Waals surface area (Å²) in [7, 11) is 0. The van der Waals surface area contributed by atoms with Crippen LogP contribution in [0.15, 0.2) is 30.5 Å². The molecule has 1 saturated heterocycles. The zero-order chi connectivity index (χ0) is 15.7. The van der Waals surface area contributed by atoms with Crippen LogP contribution in [0, 0.1) is 5.92 Å². The number of ether oxygens (including phenoxy) is 1. The van der Waals surface area contributed by atoms with Crippen molar-refractivity contribution in [3.8, 4) is 0 Å². The first-order valence-electron chi connectivity index (χ1n) is 7.14. The molecule has 1 fully saturated rings. The fourth-order valence-corrected chi connectivity index (χ4v) is 2.64. The second kappa shape index (κ2) is 5.63. The van der Waals surface area contributed by atoms with Crippen LogP contribution in [0.2, 0.25) is 0 Å². The second-order valence-electron chi connectivity index (χ2n) is 5.20. The van der Waals surface area contributed by atoms with Gasteiger partial charge in [-0.15, -0.1) is 0 Å². The third kappa shape index (κ3) is 2.36. The summed E-state index contributed by atoms with van der Waals surface area (Å²) in [5.41, 5.74) is 1.86. The second-order valence-corrected chi connectivity index (χ2v) is 5.20. The molecule has 114 valence electrons. The summed E-state index contributed by atoms with van der Waals surface area (Å²) in [5, 5.41) is 9.87. The standard InChI is InChI=1S/C16H16N2O4/c1-2-22-16(21)12-7-17-13-6-4-3-5-11(13)14(12)18-8-10(9-18)15(19)20/h3-7,10H,2,8-9H2,1H3,(H,19,20). The molecule has 1 aliphatic heterocycles. The van der Waals surface area contributed by atoms with Gasteiger partial charge in [-0.2, -0.15) is 0 Å². The zero-order valence-corrected chi connectivity index (χ0v) is 12.2. The molecule has 1 N–H and O–H groups in total. The van der Waals surface area contributed by atoms with Crippen molar-refractivity contribution >= 4 is 28.5 Å². The number of pyridine rings is 1. The van der Waals surface area contributed by atoms with Crippen LogP contribution >= 0.6 is 0 Å². The Balaban J connectivity index is 2.06. The van der Waals surface area contributed by atoms with E-state index in [1.54, 1.807) is 6.92 Å². The Bertz CT molecular complexity index is 738. The predicted octanol–water partition coefficient (Wildman–Crippen LogP) is 1.93. The number of carbonyl (C=O) groups is 2. The van der Waals surface area contributed by atoms with Gasteiger partial charge in [0.1, 0.15) is 5.56 Å². The highest BCUT2D eigenvalue weighted by molar-refractivity contribution is 6.05. The van der Waals surface area contributed by atoms with Gasteiger partial charge < -0.3 is 14.7 Å². The first-order chi connectivity index (χ1) is 10.6. The molecule has 0 saturated carbocycles. The molecule has 6 nitrogen and oxygen atoms in total. The lowest BCUT2D eigenvalue weighted by Gasteiger charge is -2.39. The van der Waals surface area contributed by atoms with Gasteiger partial charge in [0.2, 0.25) is 0 Å². The summed E-state index contributed by atoms with van der Waals surface area (Å²) >= 11 is 0. The molecule has 22 heavy (non-hydrogen) atoms. The number of anilines is 1. The van der Waals surface area contributed by atoms with Crippen LogP contribution < -0.4 is 4.90 Å². The lowest BCUT2D eigenvalue weighted by molar-refractivity contribution is -0.142. The van der Waals surface area contributed by atoms with Gasteiger partial charge in [-0.1, -0.05) is 18.2 Å². The van der Waals surface area contributed by atoms with Crippen LogP contribution in [0.4, 0.5) is 5.69 Å². The molecule has 0 amide bonds. The monoisotopic (exact) mass is 300 g/mol. The molecule has 6 heteroatoms. The van der Waals surface area contributed by atoms with Gasteiger partial charge >= 0.3 is 11.9 Å². The summed E-state index contributed by atoms with van der Waals surface area (Å²) in [6.07, 6.45) is 1.50. The predicted molar refractivity (Wildman–Crippen MR) is 81.0 cm³/mol. The third-order valence-electron chi connectivity index (χ3n) is 3.79. The number of nitrogens with zero attached hydrogens (tertiary/aromatic N) is 2. The minimum absolute atomic E-state index is 0.281. The molecule has 2 heterocycles. The molecule has 0 radical (unpaired) electrons. The number of rotatable bonds is 4. The van der Waals surface area contributed by atoms with Crippen molar-refractivity contribution in [2.24, 2.45) is 5.92 Å². The van der Waals surface area contributed by atoms with E-state index in [0.29, 0.717) is 24.3 Å². The van der Waals surface area contributed by atoms with Crippen molar-refractivity contribution in [2.45, 2.75) is 6.92 Å². The van der Waals surface area contributed by atoms with E-state index in [2.05, 4.69) is 4.98 Å². The van der Waals surface area contributed by atoms with E-state index < -0.39 is 17.9 Å². The maximum Gasteiger partial charge on any atom is 0.341 e. The van der Waals surface area contributed by atoms with E-state index in [1.807, 2.05) is 29.2 Å². The maximum atomic E-state index is 12.2. The van der Waals surface area contributed by atoms with E-state index in [1.165, 1.54) is 6.20 Å². The number of carbonyl (C=O) groups excluding carboxylic acids is 1. The molecule has 2 aromatic rings. The van der Waals surface area contributed by atoms with Gasteiger partial charge in [0, 0.05) is 24.7 Å². The number of hydrogen-bond donors (Lipinski definition) is 1. The fraction of sp³-hybridized carbons (Fsp3) is 0.312. The van der Waals surface area contributed by atoms with E-state index in [9.17, 15) is 9.59 Å². The number of aromatic nitrogens is 1. The number of aliphatic carboxylic acids is 1. The van der Waals surface area contributed by atoms with Gasteiger partial charge in [0.05, 0.1) is 23.7 Å². The zero-order valence-electron chi connectivity index (χ0n) is 12.2. The molecule has 0 atom stereocenters. The molecule has 3 rings (SSSR count). The third-order valence-corrected chi connectivity index (χ3v) is 3.79. The van der Waals surface area contributed by atoms with Crippen molar-refractivity contribution in [3.05, 3.63) is 36.0 Å². The van der Waals surface area contributed by atoms with Crippen LogP contribution in [-0.2, 0) is 9.53 Å². The smallest absolute Gasteiger partial charge is 0.341 e. The SMILES string of the molecule is CCOC(=O)c1cnc2ccccc2c1N1CC(C(=O)O)C1. The summed E-state index contributed by atoms with van der Waals surface area (Å²) in [5.74, 6) is -1.65. The number of carboxylic acids is 1. The molecule has 1 aliphatic rings. The number of esters is 1. The number of carboxylic acid groups (broad SMARTS) is 1. The van der Waals surface area contributed by atoms with Gasteiger partial charge in [0.25, 0.3) is 0 Å². The van der Waals surface area contributed by atoms with Crippen molar-refractivity contribution in [3.63, 3.8) is 0 Å². The summed E-state index contributed by atoms with van der Waals surface area (Å²) in [4.78, 5) is 29.4. The topological polar surface area (TPSA) is 79.7 Å². The van der Waals surface area contributed by atoms with E-state index >= 15 is 0 Å². The Hall–Kier alpha value is -2.63. The number of hydrogen-bond acceptors (Lipinski definition) is 5. The average molecular weight is 300 g/mol. The van der Waals surface area contributed by atoms with E-state index in [-0.39, 0.29) is 6.61 Å². The number of fused-ring (bicyclic) bond motifs is 1. The van der Waals surface area contributed by atoms with Gasteiger partial charge in [-0.05, 0) is 13.0 Å². The van der Waals surface area contributed by atoms with E-state index in [0.717, 1.165) is 10.9 Å². The molecular formula is C16H16N2O4. The number of para-hydroxylation sites is 1. The maximum absolute atomic E-state index is 12.2. The van der Waals surface area contributed by atoms with Crippen LogP contribution in [0.1, 0.15) is 17.3 Å². The minimum Gasteiger partial charge on any atom is -0.481 e. The Morgan fingerprint density at radius 2 is 2.09 bits per heavy atom. The average Bonchev–Trinajstić information content (AvgIpc) is 2.45. The molecule has 0 unspecified atom stereocenters. The van der Waals surface area contributed by atoms with Crippen LogP contribution in [0.3, 0.4) is 0 Å². The first-order valence-corrected chi connectivity index (χ1v) is 7.14. The molecule has 1 aromatic heterocycles. The minimum atomic E-state index is -0.813. The Morgan fingerprint density at radius 3 is 2.77 bits per heavy atom. The fourth-order valence-electron chi connectivity index (χ4n) is 2.64. The normalized spacial score (nSPS) is 14.7. The Morgan fingerprint density at radius 1 is 1.36 bits per heavy atom. The van der Waals surface area contributed by atoms with Crippen LogP contribution in [0.25, 0.3) is 10.9 Å². The molecule has 1 aromatic carbocycles. The molecule has 0 bridgehead atoms. The quantitative estimate of drug-likeness (QED) is 0.869. The van der Waals surface area contributed by atoms with Crippen LogP contribution in [-0.4, -0.2) is 41.7 Å².